The Labute approximate surface area is 115 Å². The average Bonchev–Trinajstić information content (AvgIpc) is 2.88. The quantitative estimate of drug-likeness (QED) is 0.901. The van der Waals surface area contributed by atoms with Crippen molar-refractivity contribution in [2.24, 2.45) is 0 Å². The van der Waals surface area contributed by atoms with Gasteiger partial charge in [0, 0.05) is 0 Å². The zero-order valence-corrected chi connectivity index (χ0v) is 11.1. The fraction of sp³-hybridized carbons (Fsp3) is 0.286. The van der Waals surface area contributed by atoms with E-state index < -0.39 is 5.97 Å². The third kappa shape index (κ3) is 2.46. The molecule has 0 saturated carbocycles. The van der Waals surface area contributed by atoms with Gasteiger partial charge in [-0.2, -0.15) is 0 Å². The van der Waals surface area contributed by atoms with Crippen LogP contribution in [0.5, 0.6) is 0 Å². The van der Waals surface area contributed by atoms with Crippen molar-refractivity contribution >= 4 is 22.4 Å². The van der Waals surface area contributed by atoms with Gasteiger partial charge in [-0.25, -0.2) is 9.78 Å². The van der Waals surface area contributed by atoms with Gasteiger partial charge in [0.1, 0.15) is 4.88 Å². The van der Waals surface area contributed by atoms with Gasteiger partial charge in [-0.3, -0.25) is 0 Å². The molecule has 0 saturated heterocycles. The first kappa shape index (κ1) is 12.2. The van der Waals surface area contributed by atoms with Crippen molar-refractivity contribution in [2.45, 2.75) is 25.3 Å². The van der Waals surface area contributed by atoms with Crippen molar-refractivity contribution in [1.82, 2.24) is 4.98 Å². The van der Waals surface area contributed by atoms with Gasteiger partial charge in [0.15, 0.2) is 5.13 Å². The van der Waals surface area contributed by atoms with Gasteiger partial charge in [-0.15, -0.1) is 0 Å². The molecule has 1 heterocycles. The predicted octanol–water partition coefficient (Wildman–Crippen LogP) is 3.33. The van der Waals surface area contributed by atoms with E-state index >= 15 is 0 Å². The van der Waals surface area contributed by atoms with Crippen molar-refractivity contribution in [2.75, 3.05) is 5.32 Å². The summed E-state index contributed by atoms with van der Waals surface area (Å²) in [5.41, 5.74) is 2.68. The number of thiazole rings is 1. The summed E-state index contributed by atoms with van der Waals surface area (Å²) in [6.45, 7) is 0. The summed E-state index contributed by atoms with van der Waals surface area (Å²) in [5, 5.41) is 12.9. The molecule has 3 rings (SSSR count). The lowest BCUT2D eigenvalue weighted by Crippen LogP contribution is -2.17. The number of hydrogen-bond acceptors (Lipinski definition) is 4. The number of nitrogens with zero attached hydrogens (tertiary/aromatic N) is 1. The molecule has 2 aromatic rings. The largest absolute Gasteiger partial charge is 0.477 e. The first-order valence-electron chi connectivity index (χ1n) is 6.27. The van der Waals surface area contributed by atoms with Crippen molar-refractivity contribution in [3.63, 3.8) is 0 Å². The minimum absolute atomic E-state index is 0.234. The molecule has 1 unspecified atom stereocenters. The Kier molecular flexibility index (Phi) is 3.21. The van der Waals surface area contributed by atoms with Gasteiger partial charge in [0.2, 0.25) is 0 Å². The Bertz CT molecular complexity index is 609. The molecule has 1 aromatic heterocycles. The fourth-order valence-corrected chi connectivity index (χ4v) is 3.20. The Balaban J connectivity index is 1.82. The zero-order valence-electron chi connectivity index (χ0n) is 10.3. The summed E-state index contributed by atoms with van der Waals surface area (Å²) in [4.78, 5) is 15.2. The molecule has 0 aliphatic heterocycles. The summed E-state index contributed by atoms with van der Waals surface area (Å²) >= 11 is 1.19. The highest BCUT2D eigenvalue weighted by Gasteiger charge is 2.20. The van der Waals surface area contributed by atoms with Gasteiger partial charge in [0.25, 0.3) is 0 Å². The average molecular weight is 274 g/mol. The van der Waals surface area contributed by atoms with Crippen LogP contribution in [-0.4, -0.2) is 16.1 Å². The molecule has 0 fully saturated rings. The highest BCUT2D eigenvalue weighted by atomic mass is 32.1. The number of aromatic nitrogens is 1. The number of anilines is 1. The van der Waals surface area contributed by atoms with Crippen molar-refractivity contribution in [3.05, 3.63) is 46.5 Å². The number of hydrogen-bond donors (Lipinski definition) is 2. The molecule has 1 aromatic carbocycles. The number of nitrogens with one attached hydrogen (secondary N) is 1. The molecule has 5 heteroatoms. The van der Waals surface area contributed by atoms with Crippen LogP contribution in [-0.2, 0) is 6.42 Å². The second kappa shape index (κ2) is 5.01. The van der Waals surface area contributed by atoms with Crippen LogP contribution in [0.15, 0.2) is 30.5 Å². The normalized spacial score (nSPS) is 17.8. The standard InChI is InChI=1S/C14H14N2O2S/c17-13(18)12-8-15-14(19-12)16-11-7-3-5-9-4-1-2-6-10(9)11/h1-2,4,6,8,11H,3,5,7H2,(H,15,16)(H,17,18). The Morgan fingerprint density at radius 1 is 1.42 bits per heavy atom. The molecule has 98 valence electrons. The highest BCUT2D eigenvalue weighted by molar-refractivity contribution is 7.17. The smallest absolute Gasteiger partial charge is 0.347 e. The molecule has 1 aliphatic rings. The monoisotopic (exact) mass is 274 g/mol. The van der Waals surface area contributed by atoms with Crippen LogP contribution in [0, 0.1) is 0 Å². The maximum Gasteiger partial charge on any atom is 0.347 e. The summed E-state index contributed by atoms with van der Waals surface area (Å²) < 4.78 is 0. The van der Waals surface area contributed by atoms with Gasteiger partial charge in [-0.05, 0) is 30.4 Å². The number of benzene rings is 1. The lowest BCUT2D eigenvalue weighted by atomic mass is 9.88. The maximum atomic E-state index is 10.8. The predicted molar refractivity (Wildman–Crippen MR) is 74.8 cm³/mol. The summed E-state index contributed by atoms with van der Waals surface area (Å²) in [5.74, 6) is -0.922. The van der Waals surface area contributed by atoms with Crippen LogP contribution in [0.1, 0.15) is 39.7 Å². The molecule has 4 nitrogen and oxygen atoms in total. The van der Waals surface area contributed by atoms with Crippen LogP contribution in [0.3, 0.4) is 0 Å². The maximum absolute atomic E-state index is 10.8. The number of aromatic carboxylic acids is 1. The van der Waals surface area contributed by atoms with Crippen LogP contribution < -0.4 is 5.32 Å². The first-order chi connectivity index (χ1) is 9.24. The Morgan fingerprint density at radius 3 is 3.05 bits per heavy atom. The number of fused-ring (bicyclic) bond motifs is 1. The minimum Gasteiger partial charge on any atom is -0.477 e. The van der Waals surface area contributed by atoms with Crippen LogP contribution in [0.4, 0.5) is 5.13 Å². The second-order valence-electron chi connectivity index (χ2n) is 4.62. The summed E-state index contributed by atoms with van der Waals surface area (Å²) in [6.07, 6.45) is 4.72. The van der Waals surface area contributed by atoms with Crippen LogP contribution in [0.25, 0.3) is 0 Å². The number of carbonyl (C=O) groups is 1. The van der Waals surface area contributed by atoms with E-state index in [4.69, 9.17) is 5.11 Å². The summed E-state index contributed by atoms with van der Waals surface area (Å²) in [6, 6.07) is 8.64. The van der Waals surface area contributed by atoms with Gasteiger partial charge < -0.3 is 10.4 Å². The van der Waals surface area contributed by atoms with E-state index in [1.165, 1.54) is 28.7 Å². The third-order valence-corrected chi connectivity index (χ3v) is 4.30. The van der Waals surface area contributed by atoms with Crippen LogP contribution in [0.2, 0.25) is 0 Å². The molecule has 0 bridgehead atoms. The zero-order chi connectivity index (χ0) is 13.2. The van der Waals surface area contributed by atoms with Crippen molar-refractivity contribution < 1.29 is 9.90 Å². The molecular weight excluding hydrogens is 260 g/mol. The lowest BCUT2D eigenvalue weighted by molar-refractivity contribution is 0.0702. The van der Waals surface area contributed by atoms with E-state index in [1.54, 1.807) is 0 Å². The van der Waals surface area contributed by atoms with Crippen LogP contribution >= 0.6 is 11.3 Å². The van der Waals surface area contributed by atoms with E-state index in [2.05, 4.69) is 28.5 Å². The molecule has 1 atom stereocenters. The number of carboxylic acids is 1. The topological polar surface area (TPSA) is 62.2 Å². The molecule has 0 radical (unpaired) electrons. The molecule has 0 spiro atoms. The van der Waals surface area contributed by atoms with Gasteiger partial charge >= 0.3 is 5.97 Å². The van der Waals surface area contributed by atoms with Crippen molar-refractivity contribution in [1.29, 1.82) is 0 Å². The van der Waals surface area contributed by atoms with E-state index in [-0.39, 0.29) is 10.9 Å². The third-order valence-electron chi connectivity index (χ3n) is 3.38. The lowest BCUT2D eigenvalue weighted by Gasteiger charge is -2.26. The van der Waals surface area contributed by atoms with Gasteiger partial charge in [-0.1, -0.05) is 35.6 Å². The number of carboxylic acid groups (broad SMARTS) is 1. The van der Waals surface area contributed by atoms with E-state index in [9.17, 15) is 4.79 Å². The number of rotatable bonds is 3. The SMILES string of the molecule is O=C(O)c1cnc(NC2CCCc3ccccc32)s1. The minimum atomic E-state index is -0.922. The van der Waals surface area contributed by atoms with Gasteiger partial charge in [0.05, 0.1) is 12.2 Å². The van der Waals surface area contributed by atoms with Crippen molar-refractivity contribution in [3.8, 4) is 0 Å². The molecule has 2 N–H and O–H groups in total. The Hall–Kier alpha value is -1.88. The Morgan fingerprint density at radius 2 is 2.26 bits per heavy atom. The first-order valence-corrected chi connectivity index (χ1v) is 7.09. The molecular formula is C14H14N2O2S. The highest BCUT2D eigenvalue weighted by Crippen LogP contribution is 2.33. The van der Waals surface area contributed by atoms with E-state index in [1.807, 2.05) is 6.07 Å². The molecule has 19 heavy (non-hydrogen) atoms. The van der Waals surface area contributed by atoms with E-state index in [0.29, 0.717) is 5.13 Å². The second-order valence-corrected chi connectivity index (χ2v) is 5.65. The fourth-order valence-electron chi connectivity index (χ4n) is 2.49. The number of aryl methyl sites for hydroxylation is 1. The summed E-state index contributed by atoms with van der Waals surface area (Å²) in [7, 11) is 0. The molecule has 1 aliphatic carbocycles. The molecule has 0 amide bonds. The van der Waals surface area contributed by atoms with E-state index in [0.717, 1.165) is 19.3 Å².